The third-order valence-electron chi connectivity index (χ3n) is 4.02. The molecule has 0 aliphatic carbocycles. The zero-order chi connectivity index (χ0) is 18.4. The molecule has 0 radical (unpaired) electrons. The fourth-order valence-corrected chi connectivity index (χ4v) is 2.70. The van der Waals surface area contributed by atoms with Crippen LogP contribution in [0.5, 0.6) is 11.5 Å². The Balaban J connectivity index is 2.14. The first kappa shape index (κ1) is 18.5. The maximum Gasteiger partial charge on any atom is 0.225 e. The lowest BCUT2D eigenvalue weighted by Crippen LogP contribution is -2.28. The van der Waals surface area contributed by atoms with E-state index in [4.69, 9.17) is 9.47 Å². The summed E-state index contributed by atoms with van der Waals surface area (Å²) in [7, 11) is 3.15. The number of para-hydroxylation sites is 1. The number of rotatable bonds is 7. The molecular formula is C20H23NO4. The van der Waals surface area contributed by atoms with E-state index in [1.807, 2.05) is 31.2 Å². The summed E-state index contributed by atoms with van der Waals surface area (Å²) in [5.74, 6) is 1.11. The topological polar surface area (TPSA) is 64.6 Å². The molecule has 1 N–H and O–H groups in total. The minimum atomic E-state index is -0.203. The van der Waals surface area contributed by atoms with Gasteiger partial charge in [0.15, 0.2) is 5.78 Å². The van der Waals surface area contributed by atoms with E-state index in [1.54, 1.807) is 32.4 Å². The Morgan fingerprint density at radius 1 is 1.04 bits per heavy atom. The number of ether oxygens (including phenoxy) is 2. The highest BCUT2D eigenvalue weighted by Gasteiger charge is 2.16. The number of amides is 1. The predicted molar refractivity (Wildman–Crippen MR) is 96.3 cm³/mol. The van der Waals surface area contributed by atoms with E-state index in [0.717, 1.165) is 11.3 Å². The van der Waals surface area contributed by atoms with Crippen LogP contribution in [0.25, 0.3) is 0 Å². The first-order valence-electron chi connectivity index (χ1n) is 8.06. The van der Waals surface area contributed by atoms with Crippen molar-refractivity contribution >= 4 is 11.7 Å². The van der Waals surface area contributed by atoms with E-state index in [2.05, 4.69) is 5.32 Å². The Kier molecular flexibility index (Phi) is 6.17. The highest BCUT2D eigenvalue weighted by atomic mass is 16.5. The highest BCUT2D eigenvalue weighted by Crippen LogP contribution is 2.25. The third-order valence-corrected chi connectivity index (χ3v) is 4.02. The Labute approximate surface area is 148 Å². The SMILES string of the molecule is COc1ccc(C(C)=O)cc1CC(=O)NC(C)c1ccccc1OC. The summed E-state index contributed by atoms with van der Waals surface area (Å²) in [5, 5.41) is 2.96. The zero-order valence-corrected chi connectivity index (χ0v) is 15.0. The summed E-state index contributed by atoms with van der Waals surface area (Å²) in [4.78, 5) is 24.0. The van der Waals surface area contributed by atoms with Crippen molar-refractivity contribution in [3.05, 3.63) is 59.2 Å². The Morgan fingerprint density at radius 3 is 2.36 bits per heavy atom. The van der Waals surface area contributed by atoms with Gasteiger partial charge in [0.25, 0.3) is 0 Å². The number of hydrogen-bond donors (Lipinski definition) is 1. The van der Waals surface area contributed by atoms with E-state index in [9.17, 15) is 9.59 Å². The van der Waals surface area contributed by atoms with Crippen molar-refractivity contribution in [2.45, 2.75) is 26.3 Å². The largest absolute Gasteiger partial charge is 0.496 e. The molecule has 5 heteroatoms. The van der Waals surface area contributed by atoms with Crippen LogP contribution in [0, 0.1) is 0 Å². The average Bonchev–Trinajstić information content (AvgIpc) is 2.61. The smallest absolute Gasteiger partial charge is 0.225 e. The molecule has 2 rings (SSSR count). The summed E-state index contributed by atoms with van der Waals surface area (Å²) in [6.45, 7) is 3.40. The molecule has 0 fully saturated rings. The van der Waals surface area contributed by atoms with Crippen molar-refractivity contribution in [3.8, 4) is 11.5 Å². The second kappa shape index (κ2) is 8.33. The average molecular weight is 341 g/mol. The molecule has 132 valence electrons. The quantitative estimate of drug-likeness (QED) is 0.785. The summed E-state index contributed by atoms with van der Waals surface area (Å²) >= 11 is 0. The molecule has 0 saturated heterocycles. The molecule has 1 amide bonds. The maximum absolute atomic E-state index is 12.5. The molecule has 1 atom stereocenters. The van der Waals surface area contributed by atoms with E-state index in [1.165, 1.54) is 6.92 Å². The van der Waals surface area contributed by atoms with Crippen LogP contribution in [0.15, 0.2) is 42.5 Å². The predicted octanol–water partition coefficient (Wildman–Crippen LogP) is 3.33. The summed E-state index contributed by atoms with van der Waals surface area (Å²) in [6.07, 6.45) is 0.129. The molecular weight excluding hydrogens is 318 g/mol. The Hall–Kier alpha value is -2.82. The summed E-state index contributed by atoms with van der Waals surface area (Å²) < 4.78 is 10.6. The first-order chi connectivity index (χ1) is 12.0. The number of methoxy groups -OCH3 is 2. The van der Waals surface area contributed by atoms with Gasteiger partial charge in [-0.2, -0.15) is 0 Å². The van der Waals surface area contributed by atoms with Crippen LogP contribution in [0.2, 0.25) is 0 Å². The number of nitrogens with one attached hydrogen (secondary N) is 1. The summed E-state index contributed by atoms with van der Waals surface area (Å²) in [5.41, 5.74) is 2.14. The molecule has 0 aromatic heterocycles. The normalized spacial score (nSPS) is 11.5. The minimum absolute atomic E-state index is 0.0494. The maximum atomic E-state index is 12.5. The molecule has 1 unspecified atom stereocenters. The van der Waals surface area contributed by atoms with Gasteiger partial charge in [0.05, 0.1) is 26.7 Å². The van der Waals surface area contributed by atoms with Gasteiger partial charge < -0.3 is 14.8 Å². The van der Waals surface area contributed by atoms with Gasteiger partial charge >= 0.3 is 0 Å². The second-order valence-electron chi connectivity index (χ2n) is 5.79. The second-order valence-corrected chi connectivity index (χ2v) is 5.79. The van der Waals surface area contributed by atoms with Crippen molar-refractivity contribution in [3.63, 3.8) is 0 Å². The lowest BCUT2D eigenvalue weighted by Gasteiger charge is -2.18. The number of benzene rings is 2. The van der Waals surface area contributed by atoms with Crippen molar-refractivity contribution in [2.75, 3.05) is 14.2 Å². The van der Waals surface area contributed by atoms with Crippen LogP contribution in [0.3, 0.4) is 0 Å². The molecule has 2 aromatic carbocycles. The Bertz CT molecular complexity index is 770. The van der Waals surface area contributed by atoms with Gasteiger partial charge in [-0.25, -0.2) is 0 Å². The van der Waals surface area contributed by atoms with Crippen LogP contribution in [0.1, 0.15) is 41.4 Å². The van der Waals surface area contributed by atoms with E-state index in [0.29, 0.717) is 16.9 Å². The number of carbonyl (C=O) groups excluding carboxylic acids is 2. The van der Waals surface area contributed by atoms with Gasteiger partial charge in [-0.05, 0) is 38.1 Å². The molecule has 25 heavy (non-hydrogen) atoms. The molecule has 0 spiro atoms. The number of Topliss-reactive ketones (excluding diaryl/α,β-unsaturated/α-hetero) is 1. The highest BCUT2D eigenvalue weighted by molar-refractivity contribution is 5.94. The lowest BCUT2D eigenvalue weighted by molar-refractivity contribution is -0.121. The molecule has 2 aromatic rings. The van der Waals surface area contributed by atoms with Crippen LogP contribution in [-0.2, 0) is 11.2 Å². The molecule has 0 bridgehead atoms. The number of hydrogen-bond acceptors (Lipinski definition) is 4. The fraction of sp³-hybridized carbons (Fsp3) is 0.300. The third kappa shape index (κ3) is 4.59. The van der Waals surface area contributed by atoms with Gasteiger partial charge in [0.2, 0.25) is 5.91 Å². The number of carbonyl (C=O) groups is 2. The van der Waals surface area contributed by atoms with Gasteiger partial charge in [0, 0.05) is 16.7 Å². The van der Waals surface area contributed by atoms with Crippen molar-refractivity contribution in [2.24, 2.45) is 0 Å². The van der Waals surface area contributed by atoms with Crippen LogP contribution >= 0.6 is 0 Å². The van der Waals surface area contributed by atoms with Crippen molar-refractivity contribution < 1.29 is 19.1 Å². The van der Waals surface area contributed by atoms with E-state index < -0.39 is 0 Å². The summed E-state index contributed by atoms with van der Waals surface area (Å²) in [6, 6.07) is 12.5. The molecule has 0 heterocycles. The van der Waals surface area contributed by atoms with E-state index in [-0.39, 0.29) is 24.2 Å². The molecule has 0 aliphatic rings. The van der Waals surface area contributed by atoms with Gasteiger partial charge in [-0.15, -0.1) is 0 Å². The van der Waals surface area contributed by atoms with Gasteiger partial charge in [0.1, 0.15) is 11.5 Å². The molecule has 0 aliphatic heterocycles. The van der Waals surface area contributed by atoms with E-state index >= 15 is 0 Å². The van der Waals surface area contributed by atoms with Gasteiger partial charge in [-0.1, -0.05) is 18.2 Å². The zero-order valence-electron chi connectivity index (χ0n) is 15.0. The molecule has 0 saturated carbocycles. The van der Waals surface area contributed by atoms with Crippen LogP contribution < -0.4 is 14.8 Å². The number of ketones is 1. The monoisotopic (exact) mass is 341 g/mol. The van der Waals surface area contributed by atoms with Gasteiger partial charge in [-0.3, -0.25) is 9.59 Å². The fourth-order valence-electron chi connectivity index (χ4n) is 2.70. The first-order valence-corrected chi connectivity index (χ1v) is 8.06. The van der Waals surface area contributed by atoms with Crippen molar-refractivity contribution in [1.82, 2.24) is 5.32 Å². The molecule has 5 nitrogen and oxygen atoms in total. The Morgan fingerprint density at radius 2 is 1.72 bits per heavy atom. The minimum Gasteiger partial charge on any atom is -0.496 e. The van der Waals surface area contributed by atoms with Crippen molar-refractivity contribution in [1.29, 1.82) is 0 Å². The standard InChI is InChI=1S/C20H23NO4/c1-13(17-7-5-6-8-19(17)25-4)21-20(23)12-16-11-15(14(2)22)9-10-18(16)24-3/h5-11,13H,12H2,1-4H3,(H,21,23). The van der Waals surface area contributed by atoms with Crippen LogP contribution in [-0.4, -0.2) is 25.9 Å². The van der Waals surface area contributed by atoms with Crippen LogP contribution in [0.4, 0.5) is 0 Å². The lowest BCUT2D eigenvalue weighted by atomic mass is 10.0.